The van der Waals surface area contributed by atoms with Crippen LogP contribution in [0.5, 0.6) is 0 Å². The fourth-order valence-corrected chi connectivity index (χ4v) is 3.96. The lowest BCUT2D eigenvalue weighted by Gasteiger charge is -2.13. The van der Waals surface area contributed by atoms with Crippen LogP contribution in [0, 0.1) is 5.82 Å². The van der Waals surface area contributed by atoms with E-state index in [9.17, 15) is 17.6 Å². The van der Waals surface area contributed by atoms with E-state index in [-0.39, 0.29) is 17.8 Å². The zero-order valence-corrected chi connectivity index (χ0v) is 16.2. The Balaban J connectivity index is 1.77. The van der Waals surface area contributed by atoms with Gasteiger partial charge in [0.25, 0.3) is 0 Å². The van der Waals surface area contributed by atoms with Gasteiger partial charge in [-0.2, -0.15) is 13.2 Å². The monoisotopic (exact) mass is 420 g/mol. The van der Waals surface area contributed by atoms with Crippen molar-refractivity contribution in [1.29, 1.82) is 0 Å². The van der Waals surface area contributed by atoms with Gasteiger partial charge in [0.2, 0.25) is 0 Å². The molecule has 5 aromatic rings. The minimum absolute atomic E-state index is 0.0297. The standard InChI is InChI=1S/C25H16F4N2/c26-19-11-9-17(10-12-19)23-22(15-18-6-2-4-8-21(18)25(27,28)29)31-14-13-16-5-1-3-7-20(16)24(31)30-23/h1-14H,15H2. The molecule has 3 aromatic carbocycles. The average Bonchev–Trinajstić information content (AvgIpc) is 3.13. The highest BCUT2D eigenvalue weighted by molar-refractivity contribution is 5.95. The van der Waals surface area contributed by atoms with E-state index < -0.39 is 11.7 Å². The molecule has 0 aliphatic heterocycles. The van der Waals surface area contributed by atoms with E-state index in [2.05, 4.69) is 0 Å². The summed E-state index contributed by atoms with van der Waals surface area (Å²) in [5.74, 6) is -0.387. The number of hydrogen-bond acceptors (Lipinski definition) is 1. The number of pyridine rings is 1. The van der Waals surface area contributed by atoms with Gasteiger partial charge in [-0.3, -0.25) is 0 Å². The SMILES string of the molecule is Fc1ccc(-c2nc3c4ccccc4ccn3c2Cc2ccccc2C(F)(F)F)cc1. The highest BCUT2D eigenvalue weighted by Gasteiger charge is 2.33. The molecule has 0 bridgehead atoms. The summed E-state index contributed by atoms with van der Waals surface area (Å²) in [5, 5.41) is 1.87. The van der Waals surface area contributed by atoms with Crippen molar-refractivity contribution in [3.05, 3.63) is 108 Å². The van der Waals surface area contributed by atoms with Gasteiger partial charge in [0.05, 0.1) is 17.0 Å². The van der Waals surface area contributed by atoms with E-state index in [4.69, 9.17) is 4.98 Å². The number of hydrogen-bond donors (Lipinski definition) is 0. The van der Waals surface area contributed by atoms with Crippen LogP contribution in [0.4, 0.5) is 17.6 Å². The maximum absolute atomic E-state index is 13.6. The topological polar surface area (TPSA) is 17.3 Å². The lowest BCUT2D eigenvalue weighted by Crippen LogP contribution is -2.10. The second-order valence-electron chi connectivity index (χ2n) is 7.34. The molecule has 0 aliphatic rings. The van der Waals surface area contributed by atoms with Crippen LogP contribution in [0.15, 0.2) is 85.1 Å². The maximum atomic E-state index is 13.6. The van der Waals surface area contributed by atoms with Gasteiger partial charge in [-0.25, -0.2) is 9.37 Å². The first-order valence-electron chi connectivity index (χ1n) is 9.71. The van der Waals surface area contributed by atoms with Gasteiger partial charge in [-0.1, -0.05) is 42.5 Å². The summed E-state index contributed by atoms with van der Waals surface area (Å²) in [6.07, 6.45) is -2.61. The van der Waals surface area contributed by atoms with Crippen LogP contribution in [0.3, 0.4) is 0 Å². The van der Waals surface area contributed by atoms with Crippen LogP contribution in [-0.2, 0) is 12.6 Å². The molecule has 0 amide bonds. The second-order valence-corrected chi connectivity index (χ2v) is 7.34. The van der Waals surface area contributed by atoms with Crippen LogP contribution in [0.2, 0.25) is 0 Å². The van der Waals surface area contributed by atoms with Crippen LogP contribution in [0.1, 0.15) is 16.8 Å². The quantitative estimate of drug-likeness (QED) is 0.290. The second kappa shape index (κ2) is 7.23. The molecular formula is C25H16F4N2. The smallest absolute Gasteiger partial charge is 0.303 e. The van der Waals surface area contributed by atoms with E-state index in [1.165, 1.54) is 24.3 Å². The van der Waals surface area contributed by atoms with Gasteiger partial charge in [-0.15, -0.1) is 0 Å². The van der Waals surface area contributed by atoms with Gasteiger partial charge in [-0.05, 0) is 47.3 Å². The van der Waals surface area contributed by atoms with Crippen molar-refractivity contribution in [3.63, 3.8) is 0 Å². The Kier molecular flexibility index (Phi) is 4.50. The third kappa shape index (κ3) is 3.44. The van der Waals surface area contributed by atoms with E-state index >= 15 is 0 Å². The summed E-state index contributed by atoms with van der Waals surface area (Å²) < 4.78 is 56.1. The molecule has 6 heteroatoms. The molecule has 0 aliphatic carbocycles. The van der Waals surface area contributed by atoms with E-state index in [0.717, 1.165) is 16.8 Å². The molecule has 2 nitrogen and oxygen atoms in total. The number of rotatable bonds is 3. The summed E-state index contributed by atoms with van der Waals surface area (Å²) in [6.45, 7) is 0. The first kappa shape index (κ1) is 19.3. The Morgan fingerprint density at radius 1 is 0.806 bits per heavy atom. The van der Waals surface area contributed by atoms with Gasteiger partial charge >= 0.3 is 6.18 Å². The van der Waals surface area contributed by atoms with Gasteiger partial charge in [0, 0.05) is 23.6 Å². The molecule has 2 aromatic heterocycles. The molecule has 0 saturated carbocycles. The van der Waals surface area contributed by atoms with Crippen molar-refractivity contribution in [2.45, 2.75) is 12.6 Å². The largest absolute Gasteiger partial charge is 0.416 e. The molecule has 0 fully saturated rings. The highest BCUT2D eigenvalue weighted by atomic mass is 19.4. The number of fused-ring (bicyclic) bond motifs is 3. The van der Waals surface area contributed by atoms with Crippen LogP contribution in [-0.4, -0.2) is 9.38 Å². The molecule has 0 atom stereocenters. The molecule has 5 rings (SSSR count). The molecule has 0 radical (unpaired) electrons. The zero-order chi connectivity index (χ0) is 21.6. The Hall–Kier alpha value is -3.67. The minimum atomic E-state index is -4.46. The average molecular weight is 420 g/mol. The van der Waals surface area contributed by atoms with E-state index in [0.29, 0.717) is 22.6 Å². The zero-order valence-electron chi connectivity index (χ0n) is 16.2. The Morgan fingerprint density at radius 3 is 2.29 bits per heavy atom. The molecule has 0 N–H and O–H groups in total. The Morgan fingerprint density at radius 2 is 1.52 bits per heavy atom. The van der Waals surface area contributed by atoms with E-state index in [1.54, 1.807) is 18.2 Å². The lowest BCUT2D eigenvalue weighted by atomic mass is 9.99. The number of nitrogens with zero attached hydrogens (tertiary/aromatic N) is 2. The maximum Gasteiger partial charge on any atom is 0.416 e. The summed E-state index contributed by atoms with van der Waals surface area (Å²) in [5.41, 5.74) is 1.94. The number of halogens is 4. The first-order chi connectivity index (χ1) is 14.9. The van der Waals surface area contributed by atoms with Crippen molar-refractivity contribution in [2.24, 2.45) is 0 Å². The van der Waals surface area contributed by atoms with Crippen molar-refractivity contribution in [3.8, 4) is 11.3 Å². The molecule has 31 heavy (non-hydrogen) atoms. The number of imidazole rings is 1. The third-order valence-electron chi connectivity index (χ3n) is 5.41. The van der Waals surface area contributed by atoms with Crippen molar-refractivity contribution >= 4 is 16.4 Å². The van der Waals surface area contributed by atoms with Crippen molar-refractivity contribution in [1.82, 2.24) is 9.38 Å². The lowest BCUT2D eigenvalue weighted by molar-refractivity contribution is -0.138. The van der Waals surface area contributed by atoms with Gasteiger partial charge in [0.15, 0.2) is 0 Å². The van der Waals surface area contributed by atoms with E-state index in [1.807, 2.05) is 40.9 Å². The predicted molar refractivity (Wildman–Crippen MR) is 112 cm³/mol. The molecule has 2 heterocycles. The van der Waals surface area contributed by atoms with Crippen LogP contribution >= 0.6 is 0 Å². The summed E-state index contributed by atoms with van der Waals surface area (Å²) in [6, 6.07) is 21.0. The fourth-order valence-electron chi connectivity index (χ4n) is 3.96. The van der Waals surface area contributed by atoms with Gasteiger partial charge < -0.3 is 4.40 Å². The summed E-state index contributed by atoms with van der Waals surface area (Å²) >= 11 is 0. The van der Waals surface area contributed by atoms with Crippen LogP contribution < -0.4 is 0 Å². The minimum Gasteiger partial charge on any atom is -0.303 e. The van der Waals surface area contributed by atoms with Crippen molar-refractivity contribution in [2.75, 3.05) is 0 Å². The van der Waals surface area contributed by atoms with Crippen LogP contribution in [0.25, 0.3) is 27.7 Å². The molecule has 0 saturated heterocycles. The highest BCUT2D eigenvalue weighted by Crippen LogP contribution is 2.35. The van der Waals surface area contributed by atoms with Gasteiger partial charge in [0.1, 0.15) is 11.5 Å². The molecule has 154 valence electrons. The first-order valence-corrected chi connectivity index (χ1v) is 9.71. The third-order valence-corrected chi connectivity index (χ3v) is 5.41. The summed E-state index contributed by atoms with van der Waals surface area (Å²) in [7, 11) is 0. The normalized spacial score (nSPS) is 12.0. The predicted octanol–water partition coefficient (Wildman–Crippen LogP) is 6.90. The molecule has 0 spiro atoms. The van der Waals surface area contributed by atoms with Crippen molar-refractivity contribution < 1.29 is 17.6 Å². The molecule has 0 unspecified atom stereocenters. The molecular weight excluding hydrogens is 404 g/mol. The Bertz CT molecular complexity index is 1400. The summed E-state index contributed by atoms with van der Waals surface area (Å²) in [4.78, 5) is 4.79. The number of benzene rings is 3. The number of alkyl halides is 3. The fraction of sp³-hybridized carbons (Fsp3) is 0.0800. The Labute approximate surface area is 175 Å². The number of aromatic nitrogens is 2.